The Morgan fingerprint density at radius 2 is 0.851 bits per heavy atom. The van der Waals surface area contributed by atoms with E-state index in [1.165, 1.54) is 127 Å². The first-order chi connectivity index (χ1) is 23.3. The molecule has 47 heavy (non-hydrogen) atoms. The maximum absolute atomic E-state index is 5.94. The Morgan fingerprint density at radius 1 is 0.468 bits per heavy atom. The van der Waals surface area contributed by atoms with E-state index in [1.807, 2.05) is 48.5 Å². The fourth-order valence-corrected chi connectivity index (χ4v) is 6.10. The molecule has 0 amide bonds. The summed E-state index contributed by atoms with van der Waals surface area (Å²) in [5.74, 6) is 14.7. The zero-order valence-electron chi connectivity index (χ0n) is 29.4. The Labute approximate surface area is 291 Å². The van der Waals surface area contributed by atoms with Gasteiger partial charge in [0.1, 0.15) is 11.5 Å². The highest BCUT2D eigenvalue weighted by Crippen LogP contribution is 2.17. The summed E-state index contributed by atoms with van der Waals surface area (Å²) in [6.45, 7) is 6.11. The number of benzene rings is 2. The molecule has 0 bridgehead atoms. The van der Waals surface area contributed by atoms with E-state index in [0.29, 0.717) is 0 Å². The molecule has 0 aliphatic heterocycles. The van der Waals surface area contributed by atoms with Gasteiger partial charge in [0.05, 0.1) is 24.3 Å². The Morgan fingerprint density at radius 3 is 1.28 bits per heavy atom. The normalized spacial score (nSPS) is 10.6. The Hall–Kier alpha value is -3.21. The summed E-state index contributed by atoms with van der Waals surface area (Å²) in [6.07, 6.45) is 28.5. The summed E-state index contributed by atoms with van der Waals surface area (Å²) in [6, 6.07) is 16.1. The largest absolute Gasteiger partial charge is 0.494 e. The highest BCUT2D eigenvalue weighted by Gasteiger charge is 2.00. The van der Waals surface area contributed by atoms with E-state index in [0.717, 1.165) is 58.6 Å². The summed E-state index contributed by atoms with van der Waals surface area (Å²) >= 11 is 1.52. The number of thiazole rings is 1. The number of rotatable bonds is 24. The van der Waals surface area contributed by atoms with Crippen LogP contribution < -0.4 is 9.47 Å². The predicted molar refractivity (Wildman–Crippen MR) is 202 cm³/mol. The molecule has 0 aliphatic carbocycles. The lowest BCUT2D eigenvalue weighted by atomic mass is 10.1. The van der Waals surface area contributed by atoms with Crippen molar-refractivity contribution in [1.82, 2.24) is 4.98 Å². The van der Waals surface area contributed by atoms with Crippen LogP contribution in [-0.4, -0.2) is 18.2 Å². The first kappa shape index (κ1) is 38.2. The maximum Gasteiger partial charge on any atom is 0.168 e. The predicted octanol–water partition coefficient (Wildman–Crippen LogP) is 12.5. The SMILES string of the molecule is CCCCCCCCCCCCOc1ccc(C#Cc2cnc(C#Cc3ccc(OCCCCCCCCCCCC)cc3)s2)cc1. The van der Waals surface area contributed by atoms with E-state index in [2.05, 4.69) is 42.5 Å². The number of hydrogen-bond acceptors (Lipinski definition) is 4. The third kappa shape index (κ3) is 18.6. The number of aromatic nitrogens is 1. The van der Waals surface area contributed by atoms with Crippen LogP contribution in [0.15, 0.2) is 54.7 Å². The average molecular weight is 654 g/mol. The van der Waals surface area contributed by atoms with Gasteiger partial charge in [-0.1, -0.05) is 153 Å². The van der Waals surface area contributed by atoms with Crippen LogP contribution in [0.25, 0.3) is 0 Å². The Kier molecular flexibility index (Phi) is 21.0. The van der Waals surface area contributed by atoms with Gasteiger partial charge in [-0.3, -0.25) is 0 Å². The lowest BCUT2D eigenvalue weighted by molar-refractivity contribution is 0.304. The topological polar surface area (TPSA) is 31.4 Å². The molecule has 0 spiro atoms. The molecule has 3 nitrogen and oxygen atoms in total. The van der Waals surface area contributed by atoms with Crippen LogP contribution in [0, 0.1) is 23.7 Å². The monoisotopic (exact) mass is 653 g/mol. The van der Waals surface area contributed by atoms with Gasteiger partial charge in [-0.05, 0) is 73.2 Å². The molecule has 1 heterocycles. The molecule has 0 atom stereocenters. The van der Waals surface area contributed by atoms with Crippen LogP contribution in [0.1, 0.15) is 163 Å². The van der Waals surface area contributed by atoms with Crippen LogP contribution in [0.5, 0.6) is 11.5 Å². The summed E-state index contributed by atoms with van der Waals surface area (Å²) in [5, 5.41) is 0.770. The number of hydrogen-bond donors (Lipinski definition) is 0. The second-order valence-electron chi connectivity index (χ2n) is 12.6. The van der Waals surface area contributed by atoms with E-state index >= 15 is 0 Å². The third-order valence-electron chi connectivity index (χ3n) is 8.39. The summed E-state index contributed by atoms with van der Waals surface area (Å²) < 4.78 is 11.9. The van der Waals surface area contributed by atoms with Crippen molar-refractivity contribution < 1.29 is 9.47 Å². The minimum Gasteiger partial charge on any atom is -0.494 e. The molecule has 3 rings (SSSR count). The molecule has 2 aromatic carbocycles. The molecule has 0 unspecified atom stereocenters. The Bertz CT molecular complexity index is 1220. The van der Waals surface area contributed by atoms with Gasteiger partial charge in [0.25, 0.3) is 0 Å². The summed E-state index contributed by atoms with van der Waals surface area (Å²) in [5.41, 5.74) is 1.92. The second-order valence-corrected chi connectivity index (χ2v) is 13.7. The molecule has 254 valence electrons. The Balaban J connectivity index is 1.27. The zero-order valence-corrected chi connectivity index (χ0v) is 30.2. The van der Waals surface area contributed by atoms with Crippen LogP contribution in [0.3, 0.4) is 0 Å². The van der Waals surface area contributed by atoms with Crippen molar-refractivity contribution in [3.63, 3.8) is 0 Å². The molecule has 0 aliphatic rings. The lowest BCUT2D eigenvalue weighted by Crippen LogP contribution is -1.97. The van der Waals surface area contributed by atoms with Gasteiger partial charge < -0.3 is 9.47 Å². The van der Waals surface area contributed by atoms with E-state index in [9.17, 15) is 0 Å². The van der Waals surface area contributed by atoms with E-state index < -0.39 is 0 Å². The molecule has 3 aromatic rings. The van der Waals surface area contributed by atoms with Crippen LogP contribution in [0.2, 0.25) is 0 Å². The molecule has 0 saturated heterocycles. The van der Waals surface area contributed by atoms with Crippen molar-refractivity contribution in [3.8, 4) is 35.2 Å². The van der Waals surface area contributed by atoms with Crippen LogP contribution in [-0.2, 0) is 0 Å². The zero-order chi connectivity index (χ0) is 33.0. The van der Waals surface area contributed by atoms with E-state index in [-0.39, 0.29) is 0 Å². The average Bonchev–Trinajstić information content (AvgIpc) is 3.56. The number of unbranched alkanes of at least 4 members (excludes halogenated alkanes) is 18. The smallest absolute Gasteiger partial charge is 0.168 e. The van der Waals surface area contributed by atoms with E-state index in [4.69, 9.17) is 9.47 Å². The lowest BCUT2D eigenvalue weighted by Gasteiger charge is -2.06. The van der Waals surface area contributed by atoms with Gasteiger partial charge >= 0.3 is 0 Å². The van der Waals surface area contributed by atoms with Gasteiger partial charge in [0, 0.05) is 11.1 Å². The number of ether oxygens (including phenoxy) is 2. The first-order valence-electron chi connectivity index (χ1n) is 18.7. The van der Waals surface area contributed by atoms with Crippen LogP contribution in [0.4, 0.5) is 0 Å². The van der Waals surface area contributed by atoms with Crippen LogP contribution >= 0.6 is 11.3 Å². The van der Waals surface area contributed by atoms with Gasteiger partial charge in [-0.2, -0.15) is 0 Å². The van der Waals surface area contributed by atoms with Crippen molar-refractivity contribution in [1.29, 1.82) is 0 Å². The van der Waals surface area contributed by atoms with Crippen molar-refractivity contribution in [2.24, 2.45) is 0 Å². The molecular weight excluding hydrogens is 595 g/mol. The molecule has 0 saturated carbocycles. The standard InChI is InChI=1S/C43H59NO2S/c1-3-5-7-9-11-13-15-17-19-21-35-45-40-29-23-38(24-30-40)27-33-42-37-44-43(47-42)34-28-39-25-31-41(32-26-39)46-36-22-20-18-16-14-12-10-8-6-4-2/h23-26,29-32,37H,3-22,35-36H2,1-2H3. The third-order valence-corrected chi connectivity index (χ3v) is 9.22. The fourth-order valence-electron chi connectivity index (χ4n) is 5.48. The summed E-state index contributed by atoms with van der Waals surface area (Å²) in [4.78, 5) is 5.35. The van der Waals surface area contributed by atoms with Crippen molar-refractivity contribution in [2.45, 2.75) is 142 Å². The fraction of sp³-hybridized carbons (Fsp3) is 0.558. The second kappa shape index (κ2) is 25.8. The van der Waals surface area contributed by atoms with Gasteiger partial charge in [0.15, 0.2) is 5.01 Å². The first-order valence-corrected chi connectivity index (χ1v) is 19.5. The molecule has 0 N–H and O–H groups in total. The van der Waals surface area contributed by atoms with Gasteiger partial charge in [-0.15, -0.1) is 0 Å². The summed E-state index contributed by atoms with van der Waals surface area (Å²) in [7, 11) is 0. The molecule has 0 radical (unpaired) electrons. The van der Waals surface area contributed by atoms with Crippen molar-refractivity contribution >= 4 is 11.3 Å². The highest BCUT2D eigenvalue weighted by molar-refractivity contribution is 7.12. The minimum atomic E-state index is 0.770. The molecule has 4 heteroatoms. The maximum atomic E-state index is 5.94. The molecule has 1 aromatic heterocycles. The minimum absolute atomic E-state index is 0.770. The quantitative estimate of drug-likeness (QED) is 0.0712. The van der Waals surface area contributed by atoms with Gasteiger partial charge in [-0.25, -0.2) is 4.98 Å². The van der Waals surface area contributed by atoms with Crippen molar-refractivity contribution in [2.75, 3.05) is 13.2 Å². The van der Waals surface area contributed by atoms with E-state index in [1.54, 1.807) is 6.20 Å². The van der Waals surface area contributed by atoms with Gasteiger partial charge in [0.2, 0.25) is 0 Å². The number of nitrogens with zero attached hydrogens (tertiary/aromatic N) is 1. The highest BCUT2D eigenvalue weighted by atomic mass is 32.1. The van der Waals surface area contributed by atoms with Crippen molar-refractivity contribution in [3.05, 3.63) is 75.7 Å². The molecule has 0 fully saturated rings. The molecular formula is C43H59NO2S.